The van der Waals surface area contributed by atoms with E-state index in [4.69, 9.17) is 11.6 Å². The summed E-state index contributed by atoms with van der Waals surface area (Å²) in [7, 11) is 0. The summed E-state index contributed by atoms with van der Waals surface area (Å²) in [6.07, 6.45) is 0. The second-order valence-electron chi connectivity index (χ2n) is 2.86. The van der Waals surface area contributed by atoms with E-state index < -0.39 is 0 Å². The molecule has 0 saturated heterocycles. The predicted molar refractivity (Wildman–Crippen MR) is 58.3 cm³/mol. The van der Waals surface area contributed by atoms with Crippen LogP contribution in [0, 0.1) is 3.57 Å². The maximum atomic E-state index is 5.89. The largest absolute Gasteiger partial charge is 0.0843 e. The fraction of sp³-hybridized carbons (Fsp3) is 0.333. The molecule has 0 N–H and O–H groups in total. The Kier molecular flexibility index (Phi) is 3.19. The first-order chi connectivity index (χ1) is 5.09. The highest BCUT2D eigenvalue weighted by Crippen LogP contribution is 2.22. The first-order valence-corrected chi connectivity index (χ1v) is 5.01. The lowest BCUT2D eigenvalue weighted by Gasteiger charge is -2.05. The molecule has 60 valence electrons. The van der Waals surface area contributed by atoms with Crippen molar-refractivity contribution in [3.63, 3.8) is 0 Å². The van der Waals surface area contributed by atoms with Crippen molar-refractivity contribution in [2.75, 3.05) is 0 Å². The molecule has 0 saturated carbocycles. The molecular weight excluding hydrogens is 270 g/mol. The molecular formula is C9H10ClI. The van der Waals surface area contributed by atoms with Crippen molar-refractivity contribution in [2.45, 2.75) is 19.8 Å². The molecule has 0 amide bonds. The molecule has 0 fully saturated rings. The van der Waals surface area contributed by atoms with Gasteiger partial charge in [-0.2, -0.15) is 0 Å². The minimum atomic E-state index is 0.558. The Balaban J connectivity index is 3.08. The van der Waals surface area contributed by atoms with Crippen LogP contribution in [0.2, 0.25) is 5.02 Å². The molecule has 0 nitrogen and oxygen atoms in total. The van der Waals surface area contributed by atoms with Gasteiger partial charge in [0.25, 0.3) is 0 Å². The zero-order valence-electron chi connectivity index (χ0n) is 6.57. The van der Waals surface area contributed by atoms with Crippen LogP contribution in [0.15, 0.2) is 18.2 Å². The molecule has 0 spiro atoms. The minimum absolute atomic E-state index is 0.558. The number of benzene rings is 1. The lowest BCUT2D eigenvalue weighted by molar-refractivity contribution is 0.866. The normalized spacial score (nSPS) is 10.6. The van der Waals surface area contributed by atoms with Crippen LogP contribution in [0.1, 0.15) is 25.3 Å². The standard InChI is InChI=1S/C9H10ClI/c1-6(2)7-3-8(10)5-9(11)4-7/h3-6H,1-2H3. The van der Waals surface area contributed by atoms with Crippen molar-refractivity contribution in [1.29, 1.82) is 0 Å². The molecule has 0 heterocycles. The Hall–Kier alpha value is 0.240. The molecule has 11 heavy (non-hydrogen) atoms. The van der Waals surface area contributed by atoms with Crippen LogP contribution in [-0.4, -0.2) is 0 Å². The van der Waals surface area contributed by atoms with Gasteiger partial charge in [0.1, 0.15) is 0 Å². The van der Waals surface area contributed by atoms with E-state index in [2.05, 4.69) is 42.5 Å². The Morgan fingerprint density at radius 3 is 2.36 bits per heavy atom. The van der Waals surface area contributed by atoms with Crippen molar-refractivity contribution < 1.29 is 0 Å². The Morgan fingerprint density at radius 2 is 1.91 bits per heavy atom. The van der Waals surface area contributed by atoms with Gasteiger partial charge in [0.15, 0.2) is 0 Å². The topological polar surface area (TPSA) is 0 Å². The highest BCUT2D eigenvalue weighted by molar-refractivity contribution is 14.1. The smallest absolute Gasteiger partial charge is 0.0419 e. The third-order valence-electron chi connectivity index (χ3n) is 1.55. The molecule has 0 bridgehead atoms. The number of hydrogen-bond acceptors (Lipinski definition) is 0. The molecule has 2 heteroatoms. The van der Waals surface area contributed by atoms with Gasteiger partial charge in [-0.15, -0.1) is 0 Å². The first-order valence-electron chi connectivity index (χ1n) is 3.55. The van der Waals surface area contributed by atoms with E-state index >= 15 is 0 Å². The maximum Gasteiger partial charge on any atom is 0.0419 e. The predicted octanol–water partition coefficient (Wildman–Crippen LogP) is 4.07. The minimum Gasteiger partial charge on any atom is -0.0843 e. The van der Waals surface area contributed by atoms with Gasteiger partial charge in [0.05, 0.1) is 0 Å². The lowest BCUT2D eigenvalue weighted by atomic mass is 10.0. The Labute approximate surface area is 86.1 Å². The summed E-state index contributed by atoms with van der Waals surface area (Å²) in [4.78, 5) is 0. The van der Waals surface area contributed by atoms with Crippen LogP contribution in [0.4, 0.5) is 0 Å². The third-order valence-corrected chi connectivity index (χ3v) is 2.39. The average Bonchev–Trinajstić information content (AvgIpc) is 1.85. The molecule has 0 atom stereocenters. The van der Waals surface area contributed by atoms with E-state index in [1.807, 2.05) is 12.1 Å². The van der Waals surface area contributed by atoms with E-state index in [1.54, 1.807) is 0 Å². The zero-order valence-corrected chi connectivity index (χ0v) is 9.48. The van der Waals surface area contributed by atoms with Crippen molar-refractivity contribution in [2.24, 2.45) is 0 Å². The summed E-state index contributed by atoms with van der Waals surface area (Å²) in [6, 6.07) is 6.15. The van der Waals surface area contributed by atoms with Crippen LogP contribution >= 0.6 is 34.2 Å². The molecule has 0 radical (unpaired) electrons. The van der Waals surface area contributed by atoms with Gasteiger partial charge in [0, 0.05) is 8.59 Å². The highest BCUT2D eigenvalue weighted by atomic mass is 127. The van der Waals surface area contributed by atoms with E-state index in [-0.39, 0.29) is 0 Å². The number of hydrogen-bond donors (Lipinski definition) is 0. The first kappa shape index (κ1) is 9.33. The second kappa shape index (κ2) is 3.76. The highest BCUT2D eigenvalue weighted by Gasteiger charge is 2.00. The van der Waals surface area contributed by atoms with Gasteiger partial charge in [0.2, 0.25) is 0 Å². The van der Waals surface area contributed by atoms with Crippen molar-refractivity contribution >= 4 is 34.2 Å². The van der Waals surface area contributed by atoms with E-state index in [1.165, 1.54) is 9.13 Å². The number of rotatable bonds is 1. The summed E-state index contributed by atoms with van der Waals surface area (Å²) in [5.74, 6) is 0.558. The molecule has 1 rings (SSSR count). The van der Waals surface area contributed by atoms with E-state index in [0.29, 0.717) is 5.92 Å². The van der Waals surface area contributed by atoms with Gasteiger partial charge in [-0.3, -0.25) is 0 Å². The van der Waals surface area contributed by atoms with Gasteiger partial charge < -0.3 is 0 Å². The molecule has 1 aromatic rings. The van der Waals surface area contributed by atoms with E-state index in [9.17, 15) is 0 Å². The summed E-state index contributed by atoms with van der Waals surface area (Å²) in [5.41, 5.74) is 1.31. The summed E-state index contributed by atoms with van der Waals surface area (Å²) in [5, 5.41) is 0.834. The summed E-state index contributed by atoms with van der Waals surface area (Å²) < 4.78 is 1.21. The van der Waals surface area contributed by atoms with Crippen LogP contribution in [0.25, 0.3) is 0 Å². The van der Waals surface area contributed by atoms with Crippen LogP contribution in [-0.2, 0) is 0 Å². The Bertz CT molecular complexity index is 235. The molecule has 0 aliphatic heterocycles. The lowest BCUT2D eigenvalue weighted by Crippen LogP contribution is -1.87. The number of halogens is 2. The SMILES string of the molecule is CC(C)c1cc(Cl)cc(I)c1. The maximum absolute atomic E-state index is 5.89. The Morgan fingerprint density at radius 1 is 1.27 bits per heavy atom. The molecule has 0 aliphatic carbocycles. The van der Waals surface area contributed by atoms with Crippen LogP contribution in [0.3, 0.4) is 0 Å². The van der Waals surface area contributed by atoms with Gasteiger partial charge in [-0.05, 0) is 52.3 Å². The summed E-state index contributed by atoms with van der Waals surface area (Å²) in [6.45, 7) is 4.34. The van der Waals surface area contributed by atoms with Gasteiger partial charge in [-0.1, -0.05) is 25.4 Å². The monoisotopic (exact) mass is 280 g/mol. The van der Waals surface area contributed by atoms with Crippen molar-refractivity contribution in [1.82, 2.24) is 0 Å². The van der Waals surface area contributed by atoms with Gasteiger partial charge in [-0.25, -0.2) is 0 Å². The fourth-order valence-electron chi connectivity index (χ4n) is 0.908. The van der Waals surface area contributed by atoms with Crippen molar-refractivity contribution in [3.8, 4) is 0 Å². The van der Waals surface area contributed by atoms with Crippen LogP contribution in [0.5, 0.6) is 0 Å². The van der Waals surface area contributed by atoms with Gasteiger partial charge >= 0.3 is 0 Å². The van der Waals surface area contributed by atoms with Crippen LogP contribution < -0.4 is 0 Å². The molecule has 0 unspecified atom stereocenters. The molecule has 1 aromatic carbocycles. The van der Waals surface area contributed by atoms with E-state index in [0.717, 1.165) is 5.02 Å². The second-order valence-corrected chi connectivity index (χ2v) is 4.54. The third kappa shape index (κ3) is 2.64. The van der Waals surface area contributed by atoms with Crippen molar-refractivity contribution in [3.05, 3.63) is 32.4 Å². The fourth-order valence-corrected chi connectivity index (χ4v) is 2.03. The quantitative estimate of drug-likeness (QED) is 0.680. The molecule has 0 aromatic heterocycles. The summed E-state index contributed by atoms with van der Waals surface area (Å²) >= 11 is 8.17. The zero-order chi connectivity index (χ0) is 8.43. The molecule has 0 aliphatic rings. The average molecular weight is 281 g/mol.